The van der Waals surface area contributed by atoms with Crippen LogP contribution in [0, 0.1) is 5.82 Å². The number of aromatic nitrogens is 2. The maximum atomic E-state index is 13.3. The lowest BCUT2D eigenvalue weighted by molar-refractivity contribution is 0.415. The molecule has 28 heavy (non-hydrogen) atoms. The Bertz CT molecular complexity index is 1150. The van der Waals surface area contributed by atoms with Gasteiger partial charge in [0.1, 0.15) is 11.6 Å². The number of ether oxygens (including phenoxy) is 1. The number of benzene rings is 2. The monoisotopic (exact) mass is 372 g/mol. The van der Waals surface area contributed by atoms with Gasteiger partial charge in [-0.25, -0.2) is 4.39 Å². The summed E-state index contributed by atoms with van der Waals surface area (Å²) in [6.07, 6.45) is 3.36. The van der Waals surface area contributed by atoms with E-state index in [2.05, 4.69) is 9.97 Å². The van der Waals surface area contributed by atoms with Gasteiger partial charge >= 0.3 is 0 Å². The summed E-state index contributed by atoms with van der Waals surface area (Å²) in [5.74, 6) is 0.404. The van der Waals surface area contributed by atoms with Crippen LogP contribution in [0.5, 0.6) is 5.75 Å². The van der Waals surface area contributed by atoms with Gasteiger partial charge in [0, 0.05) is 29.1 Å². The number of halogens is 1. The molecule has 0 fully saturated rings. The summed E-state index contributed by atoms with van der Waals surface area (Å²) >= 11 is 0. The molecule has 5 heteroatoms. The Labute approximate surface area is 161 Å². The summed E-state index contributed by atoms with van der Waals surface area (Å²) in [4.78, 5) is 19.8. The lowest BCUT2D eigenvalue weighted by Crippen LogP contribution is -2.11. The molecule has 2 aromatic heterocycles. The van der Waals surface area contributed by atoms with E-state index in [-0.39, 0.29) is 11.4 Å². The standard InChI is InChI=1S/C23H17FN2O2/c1-28-19-8-4-15(5-9-19)20-14-21(16-2-6-18(24)7-3-16)23(27)26-22(20)17-10-12-25-13-11-17/h2-14H,1H3,(H,26,27). The molecular formula is C23H17FN2O2. The van der Waals surface area contributed by atoms with Gasteiger partial charge in [0.25, 0.3) is 5.56 Å². The Morgan fingerprint density at radius 1 is 0.821 bits per heavy atom. The Hall–Kier alpha value is -3.73. The van der Waals surface area contributed by atoms with Crippen LogP contribution in [0.1, 0.15) is 0 Å². The highest BCUT2D eigenvalue weighted by atomic mass is 19.1. The minimum atomic E-state index is -0.344. The van der Waals surface area contributed by atoms with E-state index in [1.165, 1.54) is 12.1 Å². The molecular weight excluding hydrogens is 355 g/mol. The van der Waals surface area contributed by atoms with Crippen LogP contribution in [-0.4, -0.2) is 17.1 Å². The third-order valence-electron chi connectivity index (χ3n) is 4.57. The number of nitrogens with one attached hydrogen (secondary N) is 1. The van der Waals surface area contributed by atoms with Crippen LogP contribution in [-0.2, 0) is 0 Å². The lowest BCUT2D eigenvalue weighted by atomic mass is 9.96. The molecule has 0 aliphatic carbocycles. The Balaban J connectivity index is 1.94. The minimum absolute atomic E-state index is 0.240. The van der Waals surface area contributed by atoms with E-state index in [9.17, 15) is 9.18 Å². The number of aromatic amines is 1. The third-order valence-corrected chi connectivity index (χ3v) is 4.57. The number of H-pyrrole nitrogens is 1. The molecule has 2 aromatic carbocycles. The van der Waals surface area contributed by atoms with Crippen molar-refractivity contribution >= 4 is 0 Å². The van der Waals surface area contributed by atoms with E-state index in [4.69, 9.17) is 4.74 Å². The number of hydrogen-bond donors (Lipinski definition) is 1. The SMILES string of the molecule is COc1ccc(-c2cc(-c3ccc(F)cc3)c(=O)[nH]c2-c2ccncc2)cc1. The lowest BCUT2D eigenvalue weighted by Gasteiger charge is -2.13. The Morgan fingerprint density at radius 3 is 2.07 bits per heavy atom. The van der Waals surface area contributed by atoms with Crippen molar-refractivity contribution < 1.29 is 9.13 Å². The first-order valence-electron chi connectivity index (χ1n) is 8.74. The van der Waals surface area contributed by atoms with E-state index < -0.39 is 0 Å². The second kappa shape index (κ2) is 7.48. The molecule has 0 spiro atoms. The maximum absolute atomic E-state index is 13.3. The average Bonchev–Trinajstić information content (AvgIpc) is 2.75. The molecule has 4 nitrogen and oxygen atoms in total. The number of pyridine rings is 2. The van der Waals surface area contributed by atoms with Crippen molar-refractivity contribution in [1.82, 2.24) is 9.97 Å². The quantitative estimate of drug-likeness (QED) is 0.553. The molecule has 0 radical (unpaired) electrons. The smallest absolute Gasteiger partial charge is 0.256 e. The highest BCUT2D eigenvalue weighted by Crippen LogP contribution is 2.33. The molecule has 0 atom stereocenters. The van der Waals surface area contributed by atoms with E-state index in [1.807, 2.05) is 42.5 Å². The van der Waals surface area contributed by atoms with Crippen molar-refractivity contribution in [2.75, 3.05) is 7.11 Å². The molecule has 0 aliphatic rings. The molecule has 2 heterocycles. The van der Waals surface area contributed by atoms with Gasteiger partial charge in [-0.1, -0.05) is 24.3 Å². The van der Waals surface area contributed by atoms with Gasteiger partial charge in [0.2, 0.25) is 0 Å². The molecule has 0 amide bonds. The van der Waals surface area contributed by atoms with Crippen LogP contribution in [0.15, 0.2) is 83.9 Å². The normalized spacial score (nSPS) is 10.6. The molecule has 0 unspecified atom stereocenters. The highest BCUT2D eigenvalue weighted by molar-refractivity contribution is 5.84. The fourth-order valence-corrected chi connectivity index (χ4v) is 3.12. The number of nitrogens with zero attached hydrogens (tertiary/aromatic N) is 1. The highest BCUT2D eigenvalue weighted by Gasteiger charge is 2.14. The van der Waals surface area contributed by atoms with Crippen LogP contribution in [0.4, 0.5) is 4.39 Å². The van der Waals surface area contributed by atoms with E-state index >= 15 is 0 Å². The van der Waals surface area contributed by atoms with Crippen LogP contribution < -0.4 is 10.3 Å². The van der Waals surface area contributed by atoms with Gasteiger partial charge in [0.05, 0.1) is 12.8 Å². The van der Waals surface area contributed by atoms with Gasteiger partial charge in [-0.3, -0.25) is 9.78 Å². The Morgan fingerprint density at radius 2 is 1.43 bits per heavy atom. The molecule has 138 valence electrons. The van der Waals surface area contributed by atoms with Gasteiger partial charge in [-0.05, 0) is 53.6 Å². The van der Waals surface area contributed by atoms with Crippen LogP contribution in [0.25, 0.3) is 33.5 Å². The second-order valence-electron chi connectivity index (χ2n) is 6.27. The summed E-state index contributed by atoms with van der Waals surface area (Å²) in [7, 11) is 1.62. The third kappa shape index (κ3) is 3.42. The Kier molecular flexibility index (Phi) is 4.72. The number of methoxy groups -OCH3 is 1. The van der Waals surface area contributed by atoms with Crippen molar-refractivity contribution in [1.29, 1.82) is 0 Å². The largest absolute Gasteiger partial charge is 0.497 e. The zero-order chi connectivity index (χ0) is 19.5. The van der Waals surface area contributed by atoms with Crippen LogP contribution >= 0.6 is 0 Å². The summed E-state index contributed by atoms with van der Waals surface area (Å²) in [6.45, 7) is 0. The fraction of sp³-hybridized carbons (Fsp3) is 0.0435. The van der Waals surface area contributed by atoms with Gasteiger partial charge in [-0.15, -0.1) is 0 Å². The topological polar surface area (TPSA) is 55.0 Å². The predicted octanol–water partition coefficient (Wildman–Crippen LogP) is 4.92. The van der Waals surface area contributed by atoms with Crippen molar-refractivity contribution in [3.63, 3.8) is 0 Å². The number of rotatable bonds is 4. The van der Waals surface area contributed by atoms with Crippen molar-refractivity contribution in [2.24, 2.45) is 0 Å². The minimum Gasteiger partial charge on any atom is -0.497 e. The molecule has 0 saturated heterocycles. The molecule has 4 rings (SSSR count). The summed E-state index contributed by atoms with van der Waals surface area (Å²) in [6, 6.07) is 19.0. The van der Waals surface area contributed by atoms with Gasteiger partial charge < -0.3 is 9.72 Å². The molecule has 1 N–H and O–H groups in total. The molecule has 0 bridgehead atoms. The molecule has 0 saturated carbocycles. The summed E-state index contributed by atoms with van der Waals surface area (Å²) < 4.78 is 18.5. The fourth-order valence-electron chi connectivity index (χ4n) is 3.12. The second-order valence-corrected chi connectivity index (χ2v) is 6.27. The maximum Gasteiger partial charge on any atom is 0.256 e. The average molecular weight is 372 g/mol. The summed E-state index contributed by atoms with van der Waals surface area (Å²) in [5.41, 5.74) is 4.21. The van der Waals surface area contributed by atoms with Crippen molar-refractivity contribution in [2.45, 2.75) is 0 Å². The van der Waals surface area contributed by atoms with Gasteiger partial charge in [-0.2, -0.15) is 0 Å². The summed E-state index contributed by atoms with van der Waals surface area (Å²) in [5, 5.41) is 0. The van der Waals surface area contributed by atoms with E-state index in [0.29, 0.717) is 16.8 Å². The molecule has 4 aromatic rings. The van der Waals surface area contributed by atoms with Crippen molar-refractivity contribution in [3.05, 3.63) is 95.3 Å². The van der Waals surface area contributed by atoms with Crippen LogP contribution in [0.3, 0.4) is 0 Å². The van der Waals surface area contributed by atoms with Crippen LogP contribution in [0.2, 0.25) is 0 Å². The molecule has 0 aliphatic heterocycles. The predicted molar refractivity (Wildman–Crippen MR) is 108 cm³/mol. The van der Waals surface area contributed by atoms with Gasteiger partial charge in [0.15, 0.2) is 0 Å². The first-order valence-corrected chi connectivity index (χ1v) is 8.74. The zero-order valence-electron chi connectivity index (χ0n) is 15.1. The first-order chi connectivity index (χ1) is 13.7. The van der Waals surface area contributed by atoms with E-state index in [0.717, 1.165) is 22.4 Å². The number of hydrogen-bond acceptors (Lipinski definition) is 3. The van der Waals surface area contributed by atoms with E-state index in [1.54, 1.807) is 31.6 Å². The first kappa shape index (κ1) is 17.7. The zero-order valence-corrected chi connectivity index (χ0v) is 15.1. The van der Waals surface area contributed by atoms with Crippen molar-refractivity contribution in [3.8, 4) is 39.3 Å².